The van der Waals surface area contributed by atoms with E-state index in [9.17, 15) is 8.42 Å². The first-order valence-electron chi connectivity index (χ1n) is 4.38. The molecule has 1 aliphatic rings. The normalized spacial score (nSPS) is 17.9. The number of halogens is 1. The Morgan fingerprint density at radius 2 is 2.12 bits per heavy atom. The lowest BCUT2D eigenvalue weighted by atomic mass is 10.3. The second kappa shape index (κ2) is 4.19. The largest absolute Gasteiger partial charge is 0.321 e. The van der Waals surface area contributed by atoms with Crippen LogP contribution in [0.25, 0.3) is 0 Å². The van der Waals surface area contributed by atoms with Crippen molar-refractivity contribution in [2.24, 2.45) is 4.40 Å². The van der Waals surface area contributed by atoms with Crippen molar-refractivity contribution in [1.82, 2.24) is 0 Å². The molecule has 86 valence electrons. The molecule has 0 saturated heterocycles. The molecule has 0 bridgehead atoms. The van der Waals surface area contributed by atoms with E-state index in [0.717, 1.165) is 3.57 Å². The van der Waals surface area contributed by atoms with Gasteiger partial charge < -0.3 is 4.90 Å². The molecule has 1 aliphatic heterocycles. The van der Waals surface area contributed by atoms with Gasteiger partial charge in [0.1, 0.15) is 4.90 Å². The number of thioether (sulfide) groups is 1. The fraction of sp³-hybridized carbons (Fsp3) is 0.222. The first-order chi connectivity index (χ1) is 7.47. The minimum absolute atomic E-state index is 0.278. The van der Waals surface area contributed by atoms with E-state index in [1.165, 1.54) is 11.8 Å². The van der Waals surface area contributed by atoms with Crippen molar-refractivity contribution >= 4 is 55.2 Å². The third-order valence-electron chi connectivity index (χ3n) is 2.23. The third-order valence-corrected chi connectivity index (χ3v) is 5.25. The first-order valence-corrected chi connectivity index (χ1v) is 8.13. The Morgan fingerprint density at radius 1 is 1.44 bits per heavy atom. The maximum Gasteiger partial charge on any atom is 0.286 e. The predicted octanol–water partition coefficient (Wildman–Crippen LogP) is 2.15. The van der Waals surface area contributed by atoms with Gasteiger partial charge in [-0.1, -0.05) is 17.8 Å². The highest BCUT2D eigenvalue weighted by Gasteiger charge is 2.29. The zero-order valence-corrected chi connectivity index (χ0v) is 12.4. The zero-order chi connectivity index (χ0) is 11.9. The average Bonchev–Trinajstić information content (AvgIpc) is 2.23. The summed E-state index contributed by atoms with van der Waals surface area (Å²) in [6.07, 6.45) is 1.81. The van der Waals surface area contributed by atoms with Gasteiger partial charge in [-0.25, -0.2) is 0 Å². The molecule has 0 aromatic heterocycles. The average molecular weight is 368 g/mol. The van der Waals surface area contributed by atoms with Crippen LogP contribution in [-0.2, 0) is 10.0 Å². The molecule has 2 rings (SSSR count). The molecule has 0 aliphatic carbocycles. The molecule has 1 aromatic carbocycles. The maximum absolute atomic E-state index is 11.9. The molecule has 1 aromatic rings. The van der Waals surface area contributed by atoms with E-state index in [4.69, 9.17) is 0 Å². The van der Waals surface area contributed by atoms with Crippen LogP contribution in [0.5, 0.6) is 0 Å². The number of fused-ring (bicyclic) bond motifs is 1. The first kappa shape index (κ1) is 12.2. The Hall–Kier alpha value is -0.280. The Balaban J connectivity index is 2.77. The molecule has 0 N–H and O–H groups in total. The number of rotatable bonds is 0. The monoisotopic (exact) mass is 368 g/mol. The molecule has 0 fully saturated rings. The lowest BCUT2D eigenvalue weighted by molar-refractivity contribution is 0.597. The summed E-state index contributed by atoms with van der Waals surface area (Å²) in [5.74, 6) is 0. The van der Waals surface area contributed by atoms with Crippen LogP contribution < -0.4 is 4.90 Å². The van der Waals surface area contributed by atoms with Gasteiger partial charge >= 0.3 is 0 Å². The highest BCUT2D eigenvalue weighted by Crippen LogP contribution is 2.35. The second-order valence-corrected chi connectivity index (χ2v) is 6.71. The van der Waals surface area contributed by atoms with Gasteiger partial charge in [-0.3, -0.25) is 0 Å². The highest BCUT2D eigenvalue weighted by atomic mass is 127. The summed E-state index contributed by atoms with van der Waals surface area (Å²) in [6, 6.07) is 5.20. The van der Waals surface area contributed by atoms with Crippen molar-refractivity contribution in [3.05, 3.63) is 21.8 Å². The number of benzene rings is 1. The third kappa shape index (κ3) is 1.84. The molecule has 0 saturated carbocycles. The summed E-state index contributed by atoms with van der Waals surface area (Å²) in [6.45, 7) is 0. The molecule has 0 radical (unpaired) electrons. The van der Waals surface area contributed by atoms with Gasteiger partial charge in [0.15, 0.2) is 5.17 Å². The van der Waals surface area contributed by atoms with E-state index in [-0.39, 0.29) is 4.90 Å². The molecular formula is C9H9IN2O2S2. The van der Waals surface area contributed by atoms with Crippen LogP contribution in [-0.4, -0.2) is 26.9 Å². The molecule has 0 atom stereocenters. The van der Waals surface area contributed by atoms with Crippen molar-refractivity contribution < 1.29 is 8.42 Å². The van der Waals surface area contributed by atoms with Gasteiger partial charge in [-0.15, -0.1) is 4.40 Å². The minimum atomic E-state index is -3.54. The molecule has 0 unspecified atom stereocenters. The van der Waals surface area contributed by atoms with E-state index in [1.807, 2.05) is 24.3 Å². The van der Waals surface area contributed by atoms with Gasteiger partial charge in [0.2, 0.25) is 0 Å². The van der Waals surface area contributed by atoms with Crippen molar-refractivity contribution in [2.45, 2.75) is 4.90 Å². The summed E-state index contributed by atoms with van der Waals surface area (Å²) in [5, 5.41) is 0.497. The number of hydrogen-bond donors (Lipinski definition) is 0. The summed E-state index contributed by atoms with van der Waals surface area (Å²) < 4.78 is 28.5. The van der Waals surface area contributed by atoms with Crippen molar-refractivity contribution in [3.8, 4) is 0 Å². The number of hydrogen-bond acceptors (Lipinski definition) is 4. The lowest BCUT2D eigenvalue weighted by Crippen LogP contribution is -2.30. The summed E-state index contributed by atoms with van der Waals surface area (Å²) in [7, 11) is -1.71. The van der Waals surface area contributed by atoms with Crippen LogP contribution in [0, 0.1) is 3.57 Å². The molecule has 0 amide bonds. The summed E-state index contributed by atoms with van der Waals surface area (Å²) in [4.78, 5) is 2.09. The van der Waals surface area contributed by atoms with Gasteiger partial charge in [0.25, 0.3) is 10.0 Å². The van der Waals surface area contributed by atoms with Gasteiger partial charge in [0.05, 0.1) is 5.69 Å². The molecule has 16 heavy (non-hydrogen) atoms. The fourth-order valence-corrected chi connectivity index (χ4v) is 4.68. The van der Waals surface area contributed by atoms with Crippen LogP contribution in [0.1, 0.15) is 0 Å². The van der Waals surface area contributed by atoms with Crippen molar-refractivity contribution in [3.63, 3.8) is 0 Å². The van der Waals surface area contributed by atoms with Crippen LogP contribution in [0.2, 0.25) is 0 Å². The summed E-state index contributed by atoms with van der Waals surface area (Å²) >= 11 is 3.45. The molecule has 0 spiro atoms. The molecular weight excluding hydrogens is 359 g/mol. The van der Waals surface area contributed by atoms with Crippen LogP contribution in [0.15, 0.2) is 27.5 Å². The van der Waals surface area contributed by atoms with Crippen molar-refractivity contribution in [1.29, 1.82) is 0 Å². The quantitative estimate of drug-likeness (QED) is 0.659. The van der Waals surface area contributed by atoms with Gasteiger partial charge in [0, 0.05) is 10.6 Å². The van der Waals surface area contributed by atoms with E-state index in [1.54, 1.807) is 12.1 Å². The SMILES string of the molecule is CSC1=NS(=O)(=O)c2cccc(I)c2N1C. The van der Waals surface area contributed by atoms with Crippen molar-refractivity contribution in [2.75, 3.05) is 18.2 Å². The molecule has 4 nitrogen and oxygen atoms in total. The number of sulfonamides is 1. The minimum Gasteiger partial charge on any atom is -0.321 e. The predicted molar refractivity (Wildman–Crippen MR) is 75.7 cm³/mol. The number of anilines is 1. The number of para-hydroxylation sites is 1. The summed E-state index contributed by atoms with van der Waals surface area (Å²) in [5.41, 5.74) is 0.711. The van der Waals surface area contributed by atoms with E-state index < -0.39 is 10.0 Å². The zero-order valence-electron chi connectivity index (χ0n) is 8.64. The Labute approximate surface area is 112 Å². The Bertz CT molecular complexity index is 569. The van der Waals surface area contributed by atoms with Gasteiger partial charge in [-0.05, 0) is 41.0 Å². The maximum atomic E-state index is 11.9. The number of amidine groups is 1. The van der Waals surface area contributed by atoms with Crippen LogP contribution >= 0.6 is 34.4 Å². The standard InChI is InChI=1S/C9H9IN2O2S2/c1-12-8-6(10)4-3-5-7(8)16(13,14)11-9(12)15-2/h3-5H,1-2H3. The van der Waals surface area contributed by atoms with E-state index in [2.05, 4.69) is 27.0 Å². The van der Waals surface area contributed by atoms with Gasteiger partial charge in [-0.2, -0.15) is 8.42 Å². The number of nitrogens with zero attached hydrogens (tertiary/aromatic N) is 2. The fourth-order valence-electron chi connectivity index (χ4n) is 1.51. The lowest BCUT2D eigenvalue weighted by Gasteiger charge is -2.26. The van der Waals surface area contributed by atoms with E-state index >= 15 is 0 Å². The topological polar surface area (TPSA) is 49.7 Å². The van der Waals surface area contributed by atoms with Crippen LogP contribution in [0.3, 0.4) is 0 Å². The second-order valence-electron chi connectivity index (χ2n) is 3.20. The van der Waals surface area contributed by atoms with Crippen LogP contribution in [0.4, 0.5) is 5.69 Å². The Kier molecular flexibility index (Phi) is 3.19. The highest BCUT2D eigenvalue weighted by molar-refractivity contribution is 14.1. The smallest absolute Gasteiger partial charge is 0.286 e. The van der Waals surface area contributed by atoms with E-state index in [0.29, 0.717) is 10.9 Å². The molecule has 7 heteroatoms. The Morgan fingerprint density at radius 3 is 2.75 bits per heavy atom. The molecule has 1 heterocycles.